The van der Waals surface area contributed by atoms with E-state index in [2.05, 4.69) is 4.98 Å². The quantitative estimate of drug-likeness (QED) is 0.671. The van der Waals surface area contributed by atoms with Crippen LogP contribution in [0.4, 0.5) is 18.1 Å². The monoisotopic (exact) mass is 260 g/mol. The van der Waals surface area contributed by atoms with Crippen LogP contribution in [0.15, 0.2) is 11.6 Å². The van der Waals surface area contributed by atoms with Gasteiger partial charge in [-0.25, -0.2) is 4.98 Å². The topological polar surface area (TPSA) is 16.1 Å². The summed E-state index contributed by atoms with van der Waals surface area (Å²) in [5.74, 6) is -1.13. The summed E-state index contributed by atoms with van der Waals surface area (Å²) in [5, 5.41) is 2.48. The van der Waals surface area contributed by atoms with Crippen molar-refractivity contribution in [3.63, 3.8) is 0 Å². The molecule has 2 heterocycles. The Labute approximate surface area is 133 Å². The van der Waals surface area contributed by atoms with Gasteiger partial charge in [0.1, 0.15) is 0 Å². The van der Waals surface area contributed by atoms with Crippen molar-refractivity contribution >= 4 is 23.4 Å². The fraction of sp³-hybridized carbons (Fsp3) is 0.571. The average molecular weight is 260 g/mol. The molecule has 0 amide bonds. The number of anilines is 1. The zero-order valence-electron chi connectivity index (χ0n) is 8.37. The molecule has 78 valence electrons. The summed E-state index contributed by atoms with van der Waals surface area (Å²) in [5.41, 5.74) is 0. The van der Waals surface area contributed by atoms with Crippen molar-refractivity contribution in [3.05, 3.63) is 11.6 Å². The number of rotatable bonds is 2. The first-order valence-electron chi connectivity index (χ1n) is 4.42. The van der Waals surface area contributed by atoms with Crippen LogP contribution in [0.1, 0.15) is 6.42 Å². The summed E-state index contributed by atoms with van der Waals surface area (Å²) in [6.07, 6.45) is 1.83. The van der Waals surface area contributed by atoms with Crippen molar-refractivity contribution in [1.29, 1.82) is 0 Å². The minimum absolute atomic E-state index is 0. The zero-order chi connectivity index (χ0) is 10.2. The van der Waals surface area contributed by atoms with E-state index in [0.29, 0.717) is 11.7 Å². The molecule has 8 heteroatoms. The maximum atomic E-state index is 12.4. The zero-order valence-corrected chi connectivity index (χ0v) is 12.3. The van der Waals surface area contributed by atoms with Crippen LogP contribution in [0.2, 0.25) is 5.82 Å². The van der Waals surface area contributed by atoms with Gasteiger partial charge in [-0.3, -0.25) is 0 Å². The Kier molecular flexibility index (Phi) is 5.13. The van der Waals surface area contributed by atoms with Crippen LogP contribution in [-0.4, -0.2) is 25.1 Å². The van der Waals surface area contributed by atoms with Gasteiger partial charge in [-0.2, -0.15) is 0 Å². The van der Waals surface area contributed by atoms with Crippen LogP contribution in [0.3, 0.4) is 0 Å². The number of hydrogen-bond donors (Lipinski definition) is 0. The molecule has 15 heavy (non-hydrogen) atoms. The molecule has 1 fully saturated rings. The van der Waals surface area contributed by atoms with E-state index in [1.54, 1.807) is 16.5 Å². The van der Waals surface area contributed by atoms with Crippen LogP contribution in [-0.2, 0) is 0 Å². The molecule has 2 rings (SSSR count). The smallest absolute Gasteiger partial charge is 0.449 e. The first kappa shape index (κ1) is 14.0. The molecular formula is C7H9BF3KN2S. The van der Waals surface area contributed by atoms with Crippen molar-refractivity contribution in [3.8, 4) is 0 Å². The molecule has 0 radical (unpaired) electrons. The van der Waals surface area contributed by atoms with Crippen molar-refractivity contribution in [2.75, 3.05) is 18.0 Å². The molecule has 1 unspecified atom stereocenters. The summed E-state index contributed by atoms with van der Waals surface area (Å²) in [4.78, 5) is 5.71. The van der Waals surface area contributed by atoms with Crippen molar-refractivity contribution in [2.24, 2.45) is 0 Å². The maximum Gasteiger partial charge on any atom is 1.00 e. The minimum atomic E-state index is -4.68. The Hall–Kier alpha value is 0.921. The second kappa shape index (κ2) is 5.50. The number of halogens is 3. The van der Waals surface area contributed by atoms with E-state index < -0.39 is 12.8 Å². The van der Waals surface area contributed by atoms with Gasteiger partial charge in [0.2, 0.25) is 0 Å². The molecule has 0 aromatic carbocycles. The fourth-order valence-corrected chi connectivity index (χ4v) is 2.32. The summed E-state index contributed by atoms with van der Waals surface area (Å²) >= 11 is 1.39. The summed E-state index contributed by atoms with van der Waals surface area (Å²) in [7, 11) is 0. The molecule has 1 aliphatic heterocycles. The van der Waals surface area contributed by atoms with E-state index in [9.17, 15) is 12.9 Å². The number of thiazole rings is 1. The Balaban J connectivity index is 0.00000112. The molecule has 0 N–H and O–H groups in total. The van der Waals surface area contributed by atoms with E-state index in [4.69, 9.17) is 0 Å². The molecule has 1 aromatic rings. The average Bonchev–Trinajstić information content (AvgIpc) is 2.73. The molecule has 1 atom stereocenters. The van der Waals surface area contributed by atoms with Crippen molar-refractivity contribution < 1.29 is 64.3 Å². The number of nitrogens with zero attached hydrogens (tertiary/aromatic N) is 2. The van der Waals surface area contributed by atoms with E-state index in [-0.39, 0.29) is 64.4 Å². The number of hydrogen-bond acceptors (Lipinski definition) is 3. The van der Waals surface area contributed by atoms with Gasteiger partial charge in [0.15, 0.2) is 5.13 Å². The van der Waals surface area contributed by atoms with Gasteiger partial charge in [-0.15, -0.1) is 11.3 Å². The Morgan fingerprint density at radius 1 is 1.47 bits per heavy atom. The third-order valence-corrected chi connectivity index (χ3v) is 3.28. The van der Waals surface area contributed by atoms with Gasteiger partial charge in [0.05, 0.1) is 0 Å². The maximum absolute atomic E-state index is 12.4. The Bertz CT molecular complexity index is 306. The first-order valence-corrected chi connectivity index (χ1v) is 5.30. The van der Waals surface area contributed by atoms with Crippen LogP contribution >= 0.6 is 11.3 Å². The Morgan fingerprint density at radius 2 is 2.20 bits per heavy atom. The van der Waals surface area contributed by atoms with E-state index >= 15 is 0 Å². The van der Waals surface area contributed by atoms with Crippen LogP contribution in [0.5, 0.6) is 0 Å². The molecule has 0 bridgehead atoms. The normalized spacial score (nSPS) is 21.5. The predicted molar refractivity (Wildman–Crippen MR) is 51.8 cm³/mol. The Morgan fingerprint density at radius 3 is 2.67 bits per heavy atom. The molecule has 0 saturated carbocycles. The van der Waals surface area contributed by atoms with Crippen molar-refractivity contribution in [1.82, 2.24) is 4.98 Å². The third-order valence-electron chi connectivity index (χ3n) is 2.45. The van der Waals surface area contributed by atoms with E-state index in [1.165, 1.54) is 11.3 Å². The van der Waals surface area contributed by atoms with Gasteiger partial charge in [-0.1, -0.05) is 12.2 Å². The summed E-state index contributed by atoms with van der Waals surface area (Å²) in [6, 6.07) is 0. The van der Waals surface area contributed by atoms with Crippen LogP contribution in [0.25, 0.3) is 0 Å². The second-order valence-electron chi connectivity index (χ2n) is 3.43. The fourth-order valence-electron chi connectivity index (χ4n) is 1.64. The van der Waals surface area contributed by atoms with Gasteiger partial charge in [0, 0.05) is 18.1 Å². The third kappa shape index (κ3) is 3.44. The summed E-state index contributed by atoms with van der Waals surface area (Å²) in [6.45, 7) is -4.13. The summed E-state index contributed by atoms with van der Waals surface area (Å²) < 4.78 is 37.2. The minimum Gasteiger partial charge on any atom is -0.449 e. The van der Waals surface area contributed by atoms with Crippen LogP contribution in [0, 0.1) is 0 Å². The van der Waals surface area contributed by atoms with Crippen molar-refractivity contribution in [2.45, 2.75) is 12.2 Å². The molecular weight excluding hydrogens is 251 g/mol. The van der Waals surface area contributed by atoms with E-state index in [0.717, 1.165) is 0 Å². The van der Waals surface area contributed by atoms with Gasteiger partial charge in [0.25, 0.3) is 0 Å². The molecule has 0 aliphatic carbocycles. The first-order chi connectivity index (χ1) is 6.57. The molecule has 1 aromatic heterocycles. The van der Waals surface area contributed by atoms with Gasteiger partial charge >= 0.3 is 58.4 Å². The van der Waals surface area contributed by atoms with Gasteiger partial charge < -0.3 is 17.8 Å². The largest absolute Gasteiger partial charge is 1.00 e. The molecule has 1 aliphatic rings. The SMILES string of the molecule is F[B-](F)(F)C1CCN(c2nccs2)C1.[K+]. The van der Waals surface area contributed by atoms with Crippen LogP contribution < -0.4 is 56.3 Å². The molecule has 1 saturated heterocycles. The van der Waals surface area contributed by atoms with E-state index in [1.807, 2.05) is 0 Å². The molecule has 0 spiro atoms. The standard InChI is InChI=1S/C7H9BF3N2S.K/c9-8(10,11)6-1-3-13(5-6)7-12-2-4-14-7;/h2,4,6H,1,3,5H2;/q-1;+1. The molecule has 2 nitrogen and oxygen atoms in total. The number of aromatic nitrogens is 1. The predicted octanol–water partition coefficient (Wildman–Crippen LogP) is -0.425. The second-order valence-corrected chi connectivity index (χ2v) is 4.31. The van der Waals surface area contributed by atoms with Gasteiger partial charge in [-0.05, 0) is 6.54 Å².